The van der Waals surface area contributed by atoms with Crippen LogP contribution < -0.4 is 11.0 Å². The molecule has 1 aliphatic heterocycles. The van der Waals surface area contributed by atoms with Crippen LogP contribution >= 0.6 is 11.8 Å². The minimum absolute atomic E-state index is 0.0552. The number of hydrogen-bond donors (Lipinski definition) is 2. The molecule has 156 valence electrons. The maximum absolute atomic E-state index is 13.1. The molecule has 2 aliphatic rings. The van der Waals surface area contributed by atoms with E-state index in [9.17, 15) is 14.7 Å². The fourth-order valence-electron chi connectivity index (χ4n) is 4.02. The van der Waals surface area contributed by atoms with Crippen molar-refractivity contribution < 1.29 is 9.90 Å². The number of phenols is 1. The van der Waals surface area contributed by atoms with Gasteiger partial charge in [-0.05, 0) is 52.6 Å². The van der Waals surface area contributed by atoms with Crippen LogP contribution in [-0.2, 0) is 4.79 Å². The molecule has 3 aromatic rings. The Kier molecular flexibility index (Phi) is 4.48. The number of Topliss-reactive ketones (excluding diaryl/α,β-unsaturated/α-hetero) is 1. The number of aromatic hydroxyl groups is 1. The Morgan fingerprint density at radius 3 is 2.74 bits per heavy atom. The van der Waals surface area contributed by atoms with Gasteiger partial charge in [-0.3, -0.25) is 15.0 Å². The lowest BCUT2D eigenvalue weighted by Gasteiger charge is -2.34. The molecule has 0 atom stereocenters. The number of rotatable bonds is 2. The van der Waals surface area contributed by atoms with E-state index >= 15 is 0 Å². The van der Waals surface area contributed by atoms with Gasteiger partial charge in [0.1, 0.15) is 5.75 Å². The predicted octanol–water partition coefficient (Wildman–Crippen LogP) is 3.92. The maximum atomic E-state index is 13.1. The van der Waals surface area contributed by atoms with Crippen molar-refractivity contribution in [2.24, 2.45) is 5.41 Å². The van der Waals surface area contributed by atoms with Crippen molar-refractivity contribution in [3.05, 3.63) is 68.6 Å². The molecule has 0 unspecified atom stereocenters. The number of aromatic nitrogens is 3. The third kappa shape index (κ3) is 3.42. The molecule has 0 amide bonds. The first-order valence-electron chi connectivity index (χ1n) is 9.92. The lowest BCUT2D eigenvalue weighted by atomic mass is 9.79. The molecule has 5 rings (SSSR count). The van der Waals surface area contributed by atoms with E-state index in [-0.39, 0.29) is 28.2 Å². The molecular weight excluding hydrogens is 412 g/mol. The summed E-state index contributed by atoms with van der Waals surface area (Å²) >= 11 is 1.18. The predicted molar refractivity (Wildman–Crippen MR) is 121 cm³/mol. The zero-order chi connectivity index (χ0) is 21.8. The summed E-state index contributed by atoms with van der Waals surface area (Å²) in [5.74, 6) is 0.173. The maximum Gasteiger partial charge on any atom is 0.299 e. The molecule has 0 spiro atoms. The van der Waals surface area contributed by atoms with E-state index in [1.807, 2.05) is 44.2 Å². The highest BCUT2D eigenvalue weighted by Gasteiger charge is 2.37. The molecular formula is C23H20N4O3S. The Hall–Kier alpha value is -3.39. The summed E-state index contributed by atoms with van der Waals surface area (Å²) in [6.45, 7) is 4.07. The van der Waals surface area contributed by atoms with Crippen LogP contribution in [-0.4, -0.2) is 25.8 Å². The van der Waals surface area contributed by atoms with E-state index in [0.717, 1.165) is 16.5 Å². The number of carbonyl (C=O) groups excluding carboxylic acids is 1. The van der Waals surface area contributed by atoms with Gasteiger partial charge in [-0.1, -0.05) is 44.2 Å². The van der Waals surface area contributed by atoms with Crippen molar-refractivity contribution in [2.45, 2.75) is 31.8 Å². The van der Waals surface area contributed by atoms with E-state index in [1.54, 1.807) is 18.2 Å². The van der Waals surface area contributed by atoms with E-state index in [2.05, 4.69) is 15.6 Å². The SMILES string of the molecule is CC1(C)CC(=O)C2=C(C1)Nn1c(nnc(/C=C/c3c(O)ccc4ccccc34)c1=O)S2. The Morgan fingerprint density at radius 1 is 1.10 bits per heavy atom. The standard InChI is InChI=1S/C23H20N4O3S/c1-23(2)11-17-20(19(29)12-23)31-22-25-24-16(21(30)27(22)26-17)9-8-15-14-6-4-3-5-13(14)7-10-18(15)28/h3-10,26,28H,11-12H2,1-2H3/b9-8+. The monoisotopic (exact) mass is 432 g/mol. The molecule has 31 heavy (non-hydrogen) atoms. The van der Waals surface area contributed by atoms with Gasteiger partial charge in [-0.25, -0.2) is 0 Å². The molecule has 2 heterocycles. The second kappa shape index (κ2) is 7.09. The number of carbonyl (C=O) groups is 1. The Bertz CT molecular complexity index is 1370. The molecule has 2 aromatic carbocycles. The first kappa shape index (κ1) is 19.6. The molecule has 2 N–H and O–H groups in total. The van der Waals surface area contributed by atoms with Crippen LogP contribution in [0.5, 0.6) is 5.75 Å². The third-order valence-corrected chi connectivity index (χ3v) is 6.60. The molecule has 8 heteroatoms. The minimum atomic E-state index is -0.365. The molecule has 7 nitrogen and oxygen atoms in total. The largest absolute Gasteiger partial charge is 0.507 e. The molecule has 0 saturated carbocycles. The van der Waals surface area contributed by atoms with Crippen molar-refractivity contribution in [2.75, 3.05) is 5.43 Å². The van der Waals surface area contributed by atoms with Crippen LogP contribution in [0.4, 0.5) is 0 Å². The second-order valence-electron chi connectivity index (χ2n) is 8.52. The van der Waals surface area contributed by atoms with Crippen molar-refractivity contribution in [1.29, 1.82) is 0 Å². The number of nitrogens with zero attached hydrogens (tertiary/aromatic N) is 3. The first-order chi connectivity index (χ1) is 14.8. The average molecular weight is 433 g/mol. The van der Waals surface area contributed by atoms with E-state index in [4.69, 9.17) is 0 Å². The van der Waals surface area contributed by atoms with Crippen LogP contribution in [0.3, 0.4) is 0 Å². The zero-order valence-electron chi connectivity index (χ0n) is 17.0. The van der Waals surface area contributed by atoms with Crippen molar-refractivity contribution in [3.8, 4) is 5.75 Å². The van der Waals surface area contributed by atoms with Crippen LogP contribution in [0.1, 0.15) is 37.9 Å². The summed E-state index contributed by atoms with van der Waals surface area (Å²) in [5.41, 5.74) is 4.04. The molecule has 0 saturated heterocycles. The van der Waals surface area contributed by atoms with E-state index in [1.165, 1.54) is 16.4 Å². The summed E-state index contributed by atoms with van der Waals surface area (Å²) in [6, 6.07) is 11.2. The number of fused-ring (bicyclic) bond motifs is 2. The van der Waals surface area contributed by atoms with Gasteiger partial charge in [-0.2, -0.15) is 4.68 Å². The number of benzene rings is 2. The molecule has 1 aliphatic carbocycles. The van der Waals surface area contributed by atoms with Gasteiger partial charge in [0.2, 0.25) is 5.16 Å². The van der Waals surface area contributed by atoms with Gasteiger partial charge < -0.3 is 5.11 Å². The second-order valence-corrected chi connectivity index (χ2v) is 9.50. The highest BCUT2D eigenvalue weighted by Crippen LogP contribution is 2.43. The van der Waals surface area contributed by atoms with Gasteiger partial charge >= 0.3 is 0 Å². The molecule has 0 bridgehead atoms. The topological polar surface area (TPSA) is 97.1 Å². The van der Waals surface area contributed by atoms with Gasteiger partial charge in [-0.15, -0.1) is 10.2 Å². The van der Waals surface area contributed by atoms with Crippen LogP contribution in [0.2, 0.25) is 0 Å². The van der Waals surface area contributed by atoms with Gasteiger partial charge in [0, 0.05) is 12.0 Å². The first-order valence-corrected chi connectivity index (χ1v) is 10.7. The summed E-state index contributed by atoms with van der Waals surface area (Å²) < 4.78 is 1.34. The minimum Gasteiger partial charge on any atom is -0.507 e. The summed E-state index contributed by atoms with van der Waals surface area (Å²) in [5, 5.41) is 20.7. The summed E-state index contributed by atoms with van der Waals surface area (Å²) in [7, 11) is 0. The van der Waals surface area contributed by atoms with Gasteiger partial charge in [0.25, 0.3) is 5.56 Å². The fourth-order valence-corrected chi connectivity index (χ4v) is 4.93. The number of nitrogens with one attached hydrogen (secondary N) is 1. The van der Waals surface area contributed by atoms with Crippen LogP contribution in [0, 0.1) is 5.41 Å². The van der Waals surface area contributed by atoms with Crippen LogP contribution in [0.25, 0.3) is 22.9 Å². The lowest BCUT2D eigenvalue weighted by Crippen LogP contribution is -2.39. The van der Waals surface area contributed by atoms with Crippen LogP contribution in [0.15, 0.2) is 57.0 Å². The van der Waals surface area contributed by atoms with E-state index < -0.39 is 0 Å². The summed E-state index contributed by atoms with van der Waals surface area (Å²) in [6.07, 6.45) is 4.36. The van der Waals surface area contributed by atoms with Crippen molar-refractivity contribution >= 4 is 40.5 Å². The number of hydrogen-bond acceptors (Lipinski definition) is 7. The van der Waals surface area contributed by atoms with E-state index in [0.29, 0.717) is 28.5 Å². The zero-order valence-corrected chi connectivity index (χ0v) is 17.9. The third-order valence-electron chi connectivity index (χ3n) is 5.47. The Labute approximate surface area is 182 Å². The van der Waals surface area contributed by atoms with Gasteiger partial charge in [0.15, 0.2) is 11.5 Å². The number of ketones is 1. The number of phenolic OH excluding ortho intramolecular Hbond substituents is 1. The summed E-state index contributed by atoms with van der Waals surface area (Å²) in [4.78, 5) is 26.2. The Morgan fingerprint density at radius 2 is 1.90 bits per heavy atom. The molecule has 1 aromatic heterocycles. The Balaban J connectivity index is 1.53. The highest BCUT2D eigenvalue weighted by atomic mass is 32.2. The molecule has 0 radical (unpaired) electrons. The van der Waals surface area contributed by atoms with Crippen molar-refractivity contribution in [3.63, 3.8) is 0 Å². The number of allylic oxidation sites excluding steroid dienone is 2. The highest BCUT2D eigenvalue weighted by molar-refractivity contribution is 8.04. The average Bonchev–Trinajstić information content (AvgIpc) is 2.73. The quantitative estimate of drug-likeness (QED) is 0.633. The number of thioether (sulfide) groups is 1. The smallest absolute Gasteiger partial charge is 0.299 e. The molecule has 0 fully saturated rings. The van der Waals surface area contributed by atoms with Crippen molar-refractivity contribution in [1.82, 2.24) is 14.9 Å². The fraction of sp³-hybridized carbons (Fsp3) is 0.217. The van der Waals surface area contributed by atoms with Gasteiger partial charge in [0.05, 0.1) is 10.6 Å². The lowest BCUT2D eigenvalue weighted by molar-refractivity contribution is -0.117. The normalized spacial score (nSPS) is 17.5.